The predicted molar refractivity (Wildman–Crippen MR) is 241 cm³/mol. The topological polar surface area (TPSA) is 179 Å². The Balaban J connectivity index is 0.000000201. The maximum absolute atomic E-state index is 13.3. The van der Waals surface area contributed by atoms with E-state index in [1.165, 1.54) is 37.5 Å². The number of aromatic nitrogens is 3. The van der Waals surface area contributed by atoms with E-state index < -0.39 is 5.82 Å². The van der Waals surface area contributed by atoms with Gasteiger partial charge >= 0.3 is 0 Å². The summed E-state index contributed by atoms with van der Waals surface area (Å²) >= 11 is 0. The standard InChI is InChI=1S/C17H16N2O2.C16H11FN2O2.C12H26N4O2.C2H6/c1-11(21)19-16-8-15(9-18-17(16)10-20)14-4-2-3-13(7-14)12-5-6-12;17-14-6-5-10(7-11(14)9-20)8-15-12-3-1-2-4-13(12)16(21)19-18-15;1-13-3-9-18-10-4-14-11-12(17)16-7-5-15(2)6-8-16;1-2/h2-4,7-10,12H,5-6H2,1H3,(H,19,21);1-7,9H,8H2,(H,19,21);13-14H,3-11H2,1-2H3;1-2H3. The molecule has 1 saturated heterocycles. The Morgan fingerprint density at radius 3 is 2.31 bits per heavy atom. The van der Waals surface area contributed by atoms with Crippen LogP contribution in [0.15, 0.2) is 83.8 Å². The second kappa shape index (κ2) is 25.7. The van der Waals surface area contributed by atoms with Crippen molar-refractivity contribution in [1.82, 2.24) is 35.6 Å². The molecule has 330 valence electrons. The number of carbonyl (C=O) groups excluding carboxylic acids is 4. The molecule has 1 aliphatic heterocycles. The molecule has 4 N–H and O–H groups in total. The number of piperazine rings is 1. The zero-order valence-electron chi connectivity index (χ0n) is 36.3. The van der Waals surface area contributed by atoms with Gasteiger partial charge < -0.3 is 30.5 Å². The van der Waals surface area contributed by atoms with Gasteiger partial charge in [0.25, 0.3) is 5.56 Å². The molecule has 3 aromatic carbocycles. The molecular formula is C47H59FN8O6. The van der Waals surface area contributed by atoms with Crippen LogP contribution in [0.2, 0.25) is 0 Å². The highest BCUT2D eigenvalue weighted by molar-refractivity contribution is 5.95. The van der Waals surface area contributed by atoms with E-state index in [2.05, 4.69) is 55.2 Å². The van der Waals surface area contributed by atoms with E-state index in [-0.39, 0.29) is 28.6 Å². The van der Waals surface area contributed by atoms with Crippen molar-refractivity contribution in [2.24, 2.45) is 0 Å². The quantitative estimate of drug-likeness (QED) is 0.0776. The van der Waals surface area contributed by atoms with Crippen molar-refractivity contribution in [2.75, 3.05) is 78.4 Å². The highest BCUT2D eigenvalue weighted by atomic mass is 19.1. The summed E-state index contributed by atoms with van der Waals surface area (Å²) in [6.45, 7) is 12.4. The van der Waals surface area contributed by atoms with Gasteiger partial charge in [0.15, 0.2) is 12.6 Å². The van der Waals surface area contributed by atoms with Crippen LogP contribution in [0.25, 0.3) is 21.9 Å². The number of fused-ring (bicyclic) bond motifs is 1. The third kappa shape index (κ3) is 15.2. The Morgan fingerprint density at radius 1 is 0.903 bits per heavy atom. The van der Waals surface area contributed by atoms with Crippen LogP contribution >= 0.6 is 0 Å². The van der Waals surface area contributed by atoms with Gasteiger partial charge in [0.1, 0.15) is 11.5 Å². The number of halogens is 1. The number of hydrogen-bond acceptors (Lipinski definition) is 11. The number of aromatic amines is 1. The first-order valence-electron chi connectivity index (χ1n) is 21.0. The second-order valence-electron chi connectivity index (χ2n) is 14.6. The van der Waals surface area contributed by atoms with Crippen molar-refractivity contribution in [2.45, 2.75) is 46.0 Å². The number of ether oxygens (including phenoxy) is 1. The normalized spacial score (nSPS) is 13.4. The summed E-state index contributed by atoms with van der Waals surface area (Å²) in [5, 5.41) is 16.6. The number of nitrogens with zero attached hydrogens (tertiary/aromatic N) is 4. The molecular weight excluding hydrogens is 792 g/mol. The zero-order valence-corrected chi connectivity index (χ0v) is 36.3. The van der Waals surface area contributed by atoms with E-state index in [0.717, 1.165) is 61.3 Å². The number of amides is 2. The molecule has 5 aromatic rings. The first-order valence-corrected chi connectivity index (χ1v) is 21.0. The van der Waals surface area contributed by atoms with E-state index in [1.54, 1.807) is 30.5 Å². The Hall–Kier alpha value is -6.00. The van der Waals surface area contributed by atoms with Gasteiger partial charge in [-0.15, -0.1) is 0 Å². The van der Waals surface area contributed by atoms with Crippen LogP contribution in [0.1, 0.15) is 77.2 Å². The summed E-state index contributed by atoms with van der Waals surface area (Å²) in [7, 11) is 3.99. The van der Waals surface area contributed by atoms with Gasteiger partial charge in [-0.3, -0.25) is 29.0 Å². The number of anilines is 1. The number of benzene rings is 3. The maximum atomic E-state index is 13.3. The molecule has 1 aliphatic carbocycles. The van der Waals surface area contributed by atoms with Gasteiger partial charge in [-0.25, -0.2) is 9.49 Å². The molecule has 2 aromatic heterocycles. The van der Waals surface area contributed by atoms with Crippen molar-refractivity contribution in [1.29, 1.82) is 0 Å². The van der Waals surface area contributed by atoms with Crippen LogP contribution in [0, 0.1) is 5.82 Å². The third-order valence-electron chi connectivity index (χ3n) is 10.00. The van der Waals surface area contributed by atoms with Crippen LogP contribution in [0.5, 0.6) is 0 Å². The zero-order chi connectivity index (χ0) is 44.9. The highest BCUT2D eigenvalue weighted by Gasteiger charge is 2.23. The number of likely N-dealkylation sites (N-methyl/N-ethyl adjacent to an activating group) is 2. The minimum atomic E-state index is -0.548. The van der Waals surface area contributed by atoms with Crippen molar-refractivity contribution in [3.05, 3.63) is 123 Å². The molecule has 0 radical (unpaired) electrons. The van der Waals surface area contributed by atoms with Crippen LogP contribution < -0.4 is 21.5 Å². The lowest BCUT2D eigenvalue weighted by Crippen LogP contribution is -2.49. The Labute approximate surface area is 362 Å². The number of aldehydes is 2. The molecule has 1 saturated carbocycles. The van der Waals surface area contributed by atoms with Crippen molar-refractivity contribution >= 4 is 40.8 Å². The summed E-state index contributed by atoms with van der Waals surface area (Å²) in [6.07, 6.45) is 5.71. The Kier molecular flexibility index (Phi) is 20.2. The SMILES string of the molecule is CC.CC(=O)Nc1cc(-c2cccc(C3CC3)c2)cnc1C=O.CNCCOCCNCC(=O)N1CCN(C)CC1.O=Cc1cc(Cc2n[nH]c(=O)c3ccccc23)ccc1F. The number of pyridine rings is 1. The van der Waals surface area contributed by atoms with Gasteiger partial charge in [0.2, 0.25) is 11.8 Å². The van der Waals surface area contributed by atoms with Crippen molar-refractivity contribution in [3.63, 3.8) is 0 Å². The molecule has 0 unspecified atom stereocenters. The molecule has 7 rings (SSSR count). The van der Waals surface area contributed by atoms with Crippen molar-refractivity contribution in [3.8, 4) is 11.1 Å². The first kappa shape index (κ1) is 48.7. The Bertz CT molecular complexity index is 2290. The number of nitrogens with one attached hydrogen (secondary N) is 4. The summed E-state index contributed by atoms with van der Waals surface area (Å²) < 4.78 is 18.7. The van der Waals surface area contributed by atoms with Gasteiger partial charge in [-0.2, -0.15) is 5.10 Å². The van der Waals surface area contributed by atoms with Gasteiger partial charge in [-0.05, 0) is 73.8 Å². The summed E-state index contributed by atoms with van der Waals surface area (Å²) in [6, 6.07) is 21.6. The van der Waals surface area contributed by atoms with E-state index in [0.29, 0.717) is 61.4 Å². The van der Waals surface area contributed by atoms with Crippen LogP contribution in [0.3, 0.4) is 0 Å². The lowest BCUT2D eigenvalue weighted by molar-refractivity contribution is -0.131. The summed E-state index contributed by atoms with van der Waals surface area (Å²) in [5.41, 5.74) is 5.18. The van der Waals surface area contributed by atoms with Crippen LogP contribution in [-0.4, -0.2) is 122 Å². The average Bonchev–Trinajstić information content (AvgIpc) is 4.15. The molecule has 0 atom stereocenters. The smallest absolute Gasteiger partial charge is 0.272 e. The Morgan fingerprint density at radius 2 is 1.63 bits per heavy atom. The van der Waals surface area contributed by atoms with E-state index in [1.807, 2.05) is 50.1 Å². The second-order valence-corrected chi connectivity index (χ2v) is 14.6. The lowest BCUT2D eigenvalue weighted by Gasteiger charge is -2.32. The molecule has 0 spiro atoms. The monoisotopic (exact) mass is 850 g/mol. The minimum absolute atomic E-state index is 0.0150. The number of rotatable bonds is 15. The largest absolute Gasteiger partial charge is 0.379 e. The summed E-state index contributed by atoms with van der Waals surface area (Å²) in [5.74, 6) is 0.108. The van der Waals surface area contributed by atoms with E-state index >= 15 is 0 Å². The molecule has 2 amide bonds. The highest BCUT2D eigenvalue weighted by Crippen LogP contribution is 2.41. The molecule has 2 aliphatic rings. The fourth-order valence-corrected chi connectivity index (χ4v) is 6.48. The first-order chi connectivity index (χ1) is 30.1. The minimum Gasteiger partial charge on any atom is -0.379 e. The number of carbonyl (C=O) groups is 4. The van der Waals surface area contributed by atoms with Gasteiger partial charge in [-0.1, -0.05) is 62.4 Å². The summed E-state index contributed by atoms with van der Waals surface area (Å²) in [4.78, 5) is 64.9. The molecule has 14 nitrogen and oxygen atoms in total. The van der Waals surface area contributed by atoms with Gasteiger partial charge in [0.05, 0.1) is 42.1 Å². The van der Waals surface area contributed by atoms with Crippen LogP contribution in [-0.2, 0) is 20.7 Å². The van der Waals surface area contributed by atoms with Crippen LogP contribution in [0.4, 0.5) is 10.1 Å². The average molecular weight is 851 g/mol. The fourth-order valence-electron chi connectivity index (χ4n) is 6.48. The number of H-pyrrole nitrogens is 1. The maximum Gasteiger partial charge on any atom is 0.272 e. The van der Waals surface area contributed by atoms with E-state index in [9.17, 15) is 28.4 Å². The molecule has 2 fully saturated rings. The molecule has 0 bridgehead atoms. The van der Waals surface area contributed by atoms with Gasteiger partial charge in [0, 0.05) is 69.8 Å². The predicted octanol–water partition coefficient (Wildman–Crippen LogP) is 5.47. The molecule has 15 heteroatoms. The van der Waals surface area contributed by atoms with Crippen molar-refractivity contribution < 1.29 is 28.3 Å². The third-order valence-corrected chi connectivity index (χ3v) is 10.00. The lowest BCUT2D eigenvalue weighted by atomic mass is 10.0. The molecule has 62 heavy (non-hydrogen) atoms. The fraction of sp³-hybridized carbons (Fsp3) is 0.383. The molecule has 3 heterocycles. The number of hydrogen-bond donors (Lipinski definition) is 4. The van der Waals surface area contributed by atoms with E-state index in [4.69, 9.17) is 4.74 Å².